The molecule has 1 aromatic rings. The van der Waals surface area contributed by atoms with Gasteiger partial charge in [-0.3, -0.25) is 9.48 Å². The molecule has 0 unspecified atom stereocenters. The van der Waals surface area contributed by atoms with Gasteiger partial charge < -0.3 is 10.2 Å². The Labute approximate surface area is 140 Å². The molecule has 1 aliphatic rings. The van der Waals surface area contributed by atoms with E-state index >= 15 is 0 Å². The monoisotopic (exact) mass is 320 g/mol. The lowest BCUT2D eigenvalue weighted by Gasteiger charge is -2.30. The fourth-order valence-corrected chi connectivity index (χ4v) is 3.29. The minimum atomic E-state index is 0.0143. The number of hydrogen-bond acceptors (Lipinski definition) is 3. The highest BCUT2D eigenvalue weighted by molar-refractivity contribution is 5.95. The summed E-state index contributed by atoms with van der Waals surface area (Å²) in [5, 5.41) is 7.57. The molecule has 0 aromatic carbocycles. The zero-order chi connectivity index (χ0) is 16.8. The summed E-state index contributed by atoms with van der Waals surface area (Å²) >= 11 is 0. The largest absolute Gasteiger partial charge is 0.352 e. The first kappa shape index (κ1) is 18.0. The van der Waals surface area contributed by atoms with Crippen molar-refractivity contribution in [2.45, 2.75) is 59.4 Å². The predicted octanol–water partition coefficient (Wildman–Crippen LogP) is 2.88. The second-order valence-electron chi connectivity index (χ2n) is 7.10. The molecule has 0 radical (unpaired) electrons. The molecule has 1 atom stereocenters. The number of piperidine rings is 1. The fourth-order valence-electron chi connectivity index (χ4n) is 3.29. The van der Waals surface area contributed by atoms with Gasteiger partial charge in [0.05, 0.1) is 11.3 Å². The Morgan fingerprint density at radius 2 is 2.26 bits per heavy atom. The smallest absolute Gasteiger partial charge is 0.254 e. The van der Waals surface area contributed by atoms with Gasteiger partial charge in [-0.15, -0.1) is 0 Å². The van der Waals surface area contributed by atoms with Crippen LogP contribution in [-0.4, -0.2) is 46.8 Å². The number of likely N-dealkylation sites (tertiary alicyclic amines) is 1. The van der Waals surface area contributed by atoms with Gasteiger partial charge in [-0.25, -0.2) is 0 Å². The Morgan fingerprint density at radius 3 is 2.91 bits per heavy atom. The molecule has 5 heteroatoms. The van der Waals surface area contributed by atoms with Crippen LogP contribution in [-0.2, 0) is 6.54 Å². The first-order chi connectivity index (χ1) is 11.0. The number of nitrogens with one attached hydrogen (secondary N) is 1. The van der Waals surface area contributed by atoms with E-state index in [1.165, 1.54) is 25.9 Å². The maximum Gasteiger partial charge on any atom is 0.254 e. The minimum absolute atomic E-state index is 0.0143. The molecule has 130 valence electrons. The van der Waals surface area contributed by atoms with E-state index in [9.17, 15) is 4.79 Å². The van der Waals surface area contributed by atoms with Crippen LogP contribution in [0, 0.1) is 5.92 Å². The van der Waals surface area contributed by atoms with Crippen molar-refractivity contribution in [3.63, 3.8) is 0 Å². The molecule has 2 heterocycles. The number of hydrogen-bond donors (Lipinski definition) is 1. The summed E-state index contributed by atoms with van der Waals surface area (Å²) in [4.78, 5) is 14.9. The van der Waals surface area contributed by atoms with Crippen LogP contribution in [0.1, 0.15) is 68.9 Å². The molecule has 1 aliphatic heterocycles. The molecular formula is C18H32N4O. The summed E-state index contributed by atoms with van der Waals surface area (Å²) in [6.07, 6.45) is 5.54. The van der Waals surface area contributed by atoms with E-state index in [-0.39, 0.29) is 11.8 Å². The standard InChI is InChI=1S/C18H32N4O/c1-5-22-13-16(17(20-22)14(2)3)18(23)19-9-7-11-21-10-6-8-15(4)12-21/h13-15H,5-12H2,1-4H3,(H,19,23)/t15-/m1/s1. The lowest BCUT2D eigenvalue weighted by molar-refractivity contribution is 0.0948. The van der Waals surface area contributed by atoms with E-state index < -0.39 is 0 Å². The minimum Gasteiger partial charge on any atom is -0.352 e. The van der Waals surface area contributed by atoms with Crippen molar-refractivity contribution in [2.24, 2.45) is 5.92 Å². The van der Waals surface area contributed by atoms with Crippen molar-refractivity contribution in [2.75, 3.05) is 26.2 Å². The summed E-state index contributed by atoms with van der Waals surface area (Å²) in [6.45, 7) is 13.5. The van der Waals surface area contributed by atoms with Crippen molar-refractivity contribution >= 4 is 5.91 Å². The highest BCUT2D eigenvalue weighted by atomic mass is 16.1. The number of amides is 1. The van der Waals surface area contributed by atoms with E-state index in [0.717, 1.165) is 43.2 Å². The van der Waals surface area contributed by atoms with Gasteiger partial charge in [0.2, 0.25) is 0 Å². The maximum atomic E-state index is 12.4. The predicted molar refractivity (Wildman–Crippen MR) is 93.8 cm³/mol. The van der Waals surface area contributed by atoms with Crippen molar-refractivity contribution in [3.8, 4) is 0 Å². The van der Waals surface area contributed by atoms with Crippen molar-refractivity contribution < 1.29 is 4.79 Å². The molecule has 0 aliphatic carbocycles. The molecule has 23 heavy (non-hydrogen) atoms. The second-order valence-corrected chi connectivity index (χ2v) is 7.10. The first-order valence-corrected chi connectivity index (χ1v) is 9.09. The Hall–Kier alpha value is -1.36. The van der Waals surface area contributed by atoms with Gasteiger partial charge >= 0.3 is 0 Å². The highest BCUT2D eigenvalue weighted by Gasteiger charge is 2.19. The zero-order valence-electron chi connectivity index (χ0n) is 15.1. The third-order valence-corrected chi connectivity index (χ3v) is 4.58. The van der Waals surface area contributed by atoms with Gasteiger partial charge in [-0.2, -0.15) is 5.10 Å². The van der Waals surface area contributed by atoms with Crippen LogP contribution in [0.15, 0.2) is 6.20 Å². The van der Waals surface area contributed by atoms with Crippen LogP contribution < -0.4 is 5.32 Å². The third kappa shape index (κ3) is 5.06. The normalized spacial score (nSPS) is 19.3. The molecule has 0 spiro atoms. The quantitative estimate of drug-likeness (QED) is 0.786. The van der Waals surface area contributed by atoms with Crippen LogP contribution in [0.5, 0.6) is 0 Å². The van der Waals surface area contributed by atoms with Gasteiger partial charge in [-0.1, -0.05) is 20.8 Å². The van der Waals surface area contributed by atoms with Crippen LogP contribution in [0.4, 0.5) is 0 Å². The van der Waals surface area contributed by atoms with Crippen LogP contribution >= 0.6 is 0 Å². The summed E-state index contributed by atoms with van der Waals surface area (Å²) in [5.74, 6) is 1.09. The Morgan fingerprint density at radius 1 is 1.48 bits per heavy atom. The van der Waals surface area contributed by atoms with E-state index in [1.54, 1.807) is 0 Å². The average Bonchev–Trinajstić information content (AvgIpc) is 2.96. The molecule has 1 N–H and O–H groups in total. The zero-order valence-corrected chi connectivity index (χ0v) is 15.1. The lowest BCUT2D eigenvalue weighted by atomic mass is 10.0. The van der Waals surface area contributed by atoms with Gasteiger partial charge in [0.1, 0.15) is 0 Å². The Bertz CT molecular complexity index is 509. The molecule has 1 fully saturated rings. The summed E-state index contributed by atoms with van der Waals surface area (Å²) in [6, 6.07) is 0. The van der Waals surface area contributed by atoms with Crippen molar-refractivity contribution in [3.05, 3.63) is 17.5 Å². The molecule has 2 rings (SSSR count). The van der Waals surface area contributed by atoms with Crippen molar-refractivity contribution in [1.29, 1.82) is 0 Å². The average molecular weight is 320 g/mol. The van der Waals surface area contributed by atoms with Crippen LogP contribution in [0.3, 0.4) is 0 Å². The molecule has 0 bridgehead atoms. The summed E-state index contributed by atoms with van der Waals surface area (Å²) < 4.78 is 1.85. The van der Waals surface area contributed by atoms with Crippen LogP contribution in [0.25, 0.3) is 0 Å². The van der Waals surface area contributed by atoms with Gasteiger partial charge in [0, 0.05) is 25.8 Å². The van der Waals surface area contributed by atoms with Gasteiger partial charge in [-0.05, 0) is 51.1 Å². The Balaban J connectivity index is 1.79. The van der Waals surface area contributed by atoms with E-state index in [2.05, 4.69) is 36.1 Å². The SMILES string of the molecule is CCn1cc(C(=O)NCCCN2CCC[C@@H](C)C2)c(C(C)C)n1. The molecular weight excluding hydrogens is 288 g/mol. The van der Waals surface area contributed by atoms with E-state index in [0.29, 0.717) is 0 Å². The van der Waals surface area contributed by atoms with Crippen molar-refractivity contribution in [1.82, 2.24) is 20.0 Å². The molecule has 1 saturated heterocycles. The number of carbonyl (C=O) groups excluding carboxylic acids is 1. The highest BCUT2D eigenvalue weighted by Crippen LogP contribution is 2.18. The molecule has 1 amide bonds. The lowest BCUT2D eigenvalue weighted by Crippen LogP contribution is -2.36. The number of rotatable bonds is 7. The molecule has 1 aromatic heterocycles. The number of nitrogens with zero attached hydrogens (tertiary/aromatic N) is 3. The fraction of sp³-hybridized carbons (Fsp3) is 0.778. The number of carbonyl (C=O) groups is 1. The Kier molecular flexibility index (Phi) is 6.63. The second kappa shape index (κ2) is 8.48. The number of aryl methyl sites for hydroxylation is 1. The molecule has 5 nitrogen and oxygen atoms in total. The van der Waals surface area contributed by atoms with Gasteiger partial charge in [0.25, 0.3) is 5.91 Å². The van der Waals surface area contributed by atoms with E-state index in [4.69, 9.17) is 0 Å². The third-order valence-electron chi connectivity index (χ3n) is 4.58. The molecule has 0 saturated carbocycles. The van der Waals surface area contributed by atoms with Crippen LogP contribution in [0.2, 0.25) is 0 Å². The maximum absolute atomic E-state index is 12.4. The first-order valence-electron chi connectivity index (χ1n) is 9.09. The number of aromatic nitrogens is 2. The van der Waals surface area contributed by atoms with E-state index in [1.807, 2.05) is 17.8 Å². The summed E-state index contributed by atoms with van der Waals surface area (Å²) in [5.41, 5.74) is 1.63. The summed E-state index contributed by atoms with van der Waals surface area (Å²) in [7, 11) is 0. The topological polar surface area (TPSA) is 50.2 Å². The van der Waals surface area contributed by atoms with Gasteiger partial charge in [0.15, 0.2) is 0 Å².